The van der Waals surface area contributed by atoms with Gasteiger partial charge in [-0.05, 0) is 32.4 Å². The number of nitrogens with zero attached hydrogens (tertiary/aromatic N) is 2. The van der Waals surface area contributed by atoms with Gasteiger partial charge in [0.1, 0.15) is 0 Å². The third kappa shape index (κ3) is 2.65. The van der Waals surface area contributed by atoms with Gasteiger partial charge in [-0.2, -0.15) is 5.26 Å². The molecule has 0 aliphatic carbocycles. The number of rotatable bonds is 3. The summed E-state index contributed by atoms with van der Waals surface area (Å²) in [7, 11) is 0. The van der Waals surface area contributed by atoms with Crippen molar-refractivity contribution in [3.63, 3.8) is 0 Å². The Hall–Kier alpha value is -2.34. The highest BCUT2D eigenvalue weighted by Crippen LogP contribution is 2.22. The van der Waals surface area contributed by atoms with Crippen molar-refractivity contribution < 1.29 is 0 Å². The Kier molecular flexibility index (Phi) is 4.05. The molecule has 1 heterocycles. The van der Waals surface area contributed by atoms with Crippen molar-refractivity contribution in [1.29, 1.82) is 5.26 Å². The van der Waals surface area contributed by atoms with Crippen LogP contribution in [0.15, 0.2) is 41.2 Å². The lowest BCUT2D eigenvalue weighted by atomic mass is 10.1. The number of hydrogen-bond acceptors (Lipinski definition) is 2. The second-order valence-electron chi connectivity index (χ2n) is 5.21. The summed E-state index contributed by atoms with van der Waals surface area (Å²) in [6.07, 6.45) is 0.153. The molecule has 0 bridgehead atoms. The minimum atomic E-state index is -0.0698. The lowest BCUT2D eigenvalue weighted by Gasteiger charge is -2.17. The van der Waals surface area contributed by atoms with E-state index in [1.54, 1.807) is 10.6 Å². The molecule has 2 aromatic rings. The van der Waals surface area contributed by atoms with Crippen molar-refractivity contribution in [1.82, 2.24) is 4.57 Å². The molecule has 1 aromatic heterocycles. The fourth-order valence-electron chi connectivity index (χ4n) is 2.29. The van der Waals surface area contributed by atoms with Gasteiger partial charge in [-0.3, -0.25) is 4.79 Å². The van der Waals surface area contributed by atoms with Crippen molar-refractivity contribution in [2.24, 2.45) is 0 Å². The summed E-state index contributed by atoms with van der Waals surface area (Å²) in [5.74, 6) is 0. The zero-order chi connectivity index (χ0) is 14.7. The number of aryl methyl sites for hydroxylation is 1. The minimum Gasteiger partial charge on any atom is -0.306 e. The first-order valence-electron chi connectivity index (χ1n) is 6.73. The van der Waals surface area contributed by atoms with Crippen LogP contribution in [0.3, 0.4) is 0 Å². The van der Waals surface area contributed by atoms with Crippen LogP contribution < -0.4 is 5.56 Å². The molecule has 0 saturated carbocycles. The fourth-order valence-corrected chi connectivity index (χ4v) is 2.29. The summed E-state index contributed by atoms with van der Waals surface area (Å²) in [6.45, 7) is 6.00. The van der Waals surface area contributed by atoms with Crippen LogP contribution in [-0.2, 0) is 6.42 Å². The van der Waals surface area contributed by atoms with E-state index >= 15 is 0 Å². The quantitative estimate of drug-likeness (QED) is 0.854. The van der Waals surface area contributed by atoms with E-state index in [9.17, 15) is 4.79 Å². The van der Waals surface area contributed by atoms with Gasteiger partial charge in [0.15, 0.2) is 0 Å². The molecular formula is C17H18N2O. The van der Waals surface area contributed by atoms with Gasteiger partial charge in [-0.15, -0.1) is 0 Å². The zero-order valence-electron chi connectivity index (χ0n) is 12.1. The maximum Gasteiger partial charge on any atom is 0.255 e. The van der Waals surface area contributed by atoms with Gasteiger partial charge in [0.2, 0.25) is 0 Å². The Labute approximate surface area is 119 Å². The predicted octanol–water partition coefficient (Wildman–Crippen LogP) is 3.47. The van der Waals surface area contributed by atoms with Crippen LogP contribution in [0.1, 0.15) is 31.0 Å². The van der Waals surface area contributed by atoms with Crippen LogP contribution >= 0.6 is 0 Å². The Morgan fingerprint density at radius 3 is 2.35 bits per heavy atom. The SMILES string of the molecule is Cc1ccc(-c2ccc(CC#N)c(=O)n2C(C)C)cc1. The average molecular weight is 266 g/mol. The van der Waals surface area contributed by atoms with Crippen molar-refractivity contribution in [2.45, 2.75) is 33.2 Å². The molecule has 0 N–H and O–H groups in total. The highest BCUT2D eigenvalue weighted by atomic mass is 16.1. The van der Waals surface area contributed by atoms with Crippen molar-refractivity contribution in [3.05, 3.63) is 57.9 Å². The smallest absolute Gasteiger partial charge is 0.255 e. The van der Waals surface area contributed by atoms with Crippen LogP contribution in [0.2, 0.25) is 0 Å². The number of pyridine rings is 1. The summed E-state index contributed by atoms with van der Waals surface area (Å²) in [6, 6.07) is 13.9. The summed E-state index contributed by atoms with van der Waals surface area (Å²) >= 11 is 0. The second kappa shape index (κ2) is 5.75. The van der Waals surface area contributed by atoms with E-state index in [4.69, 9.17) is 5.26 Å². The van der Waals surface area contributed by atoms with Gasteiger partial charge < -0.3 is 4.57 Å². The summed E-state index contributed by atoms with van der Waals surface area (Å²) in [5.41, 5.74) is 3.58. The number of nitriles is 1. The van der Waals surface area contributed by atoms with Crippen molar-refractivity contribution in [3.8, 4) is 17.3 Å². The Morgan fingerprint density at radius 1 is 1.15 bits per heavy atom. The highest BCUT2D eigenvalue weighted by Gasteiger charge is 2.12. The van der Waals surface area contributed by atoms with Crippen molar-refractivity contribution in [2.75, 3.05) is 0 Å². The Bertz CT molecular complexity index is 703. The minimum absolute atomic E-state index is 0.0532. The second-order valence-corrected chi connectivity index (χ2v) is 5.21. The molecule has 20 heavy (non-hydrogen) atoms. The molecule has 3 heteroatoms. The van der Waals surface area contributed by atoms with Gasteiger partial charge >= 0.3 is 0 Å². The van der Waals surface area contributed by atoms with Gasteiger partial charge in [0.05, 0.1) is 18.2 Å². The molecule has 0 amide bonds. The maximum absolute atomic E-state index is 12.5. The molecule has 2 rings (SSSR count). The average Bonchev–Trinajstić information content (AvgIpc) is 2.41. The maximum atomic E-state index is 12.5. The topological polar surface area (TPSA) is 45.8 Å². The Balaban J connectivity index is 2.65. The van der Waals surface area contributed by atoms with Gasteiger partial charge in [0.25, 0.3) is 5.56 Å². The van der Waals surface area contributed by atoms with E-state index in [-0.39, 0.29) is 18.0 Å². The molecule has 0 radical (unpaired) electrons. The molecule has 3 nitrogen and oxygen atoms in total. The van der Waals surface area contributed by atoms with Gasteiger partial charge in [-0.25, -0.2) is 0 Å². The van der Waals surface area contributed by atoms with Gasteiger partial charge in [-0.1, -0.05) is 35.9 Å². The van der Waals surface area contributed by atoms with Crippen molar-refractivity contribution >= 4 is 0 Å². The molecule has 0 aliphatic rings. The third-order valence-electron chi connectivity index (χ3n) is 3.33. The molecule has 0 saturated heterocycles. The third-order valence-corrected chi connectivity index (χ3v) is 3.33. The molecule has 0 spiro atoms. The molecule has 0 atom stereocenters. The molecule has 0 fully saturated rings. The molecule has 0 unspecified atom stereocenters. The number of benzene rings is 1. The van der Waals surface area contributed by atoms with Crippen LogP contribution in [0, 0.1) is 18.3 Å². The molecule has 102 valence electrons. The first kappa shape index (κ1) is 14.1. The summed E-state index contributed by atoms with van der Waals surface area (Å²) in [4.78, 5) is 12.5. The van der Waals surface area contributed by atoms with Crippen LogP contribution in [0.5, 0.6) is 0 Å². The van der Waals surface area contributed by atoms with E-state index in [2.05, 4.69) is 0 Å². The molecule has 1 aromatic carbocycles. The van der Waals surface area contributed by atoms with Crippen LogP contribution in [0.25, 0.3) is 11.3 Å². The number of hydrogen-bond donors (Lipinski definition) is 0. The molecular weight excluding hydrogens is 248 g/mol. The first-order valence-corrected chi connectivity index (χ1v) is 6.73. The Morgan fingerprint density at radius 2 is 1.80 bits per heavy atom. The van der Waals surface area contributed by atoms with E-state index in [0.717, 1.165) is 11.3 Å². The zero-order valence-corrected chi connectivity index (χ0v) is 12.1. The fraction of sp³-hybridized carbons (Fsp3) is 0.294. The number of aromatic nitrogens is 1. The lowest BCUT2D eigenvalue weighted by molar-refractivity contribution is 0.581. The first-order chi connectivity index (χ1) is 9.54. The molecule has 0 aliphatic heterocycles. The highest BCUT2D eigenvalue weighted by molar-refractivity contribution is 5.60. The summed E-state index contributed by atoms with van der Waals surface area (Å²) in [5, 5.41) is 8.79. The monoisotopic (exact) mass is 266 g/mol. The normalized spacial score (nSPS) is 10.6. The van der Waals surface area contributed by atoms with Gasteiger partial charge in [0, 0.05) is 11.6 Å². The van der Waals surface area contributed by atoms with E-state index < -0.39 is 0 Å². The largest absolute Gasteiger partial charge is 0.306 e. The predicted molar refractivity (Wildman–Crippen MR) is 80.6 cm³/mol. The van der Waals surface area contributed by atoms with Crippen LogP contribution in [0.4, 0.5) is 0 Å². The summed E-state index contributed by atoms with van der Waals surface area (Å²) < 4.78 is 1.76. The lowest BCUT2D eigenvalue weighted by Crippen LogP contribution is -2.26. The van der Waals surface area contributed by atoms with E-state index in [0.29, 0.717) is 5.56 Å². The van der Waals surface area contributed by atoms with Crippen LogP contribution in [-0.4, -0.2) is 4.57 Å². The van der Waals surface area contributed by atoms with E-state index in [1.807, 2.05) is 57.2 Å². The standard InChI is InChI=1S/C17H18N2O/c1-12(2)19-16(14-6-4-13(3)5-7-14)9-8-15(10-11-18)17(19)20/h4-9,12H,10H2,1-3H3. The van der Waals surface area contributed by atoms with E-state index in [1.165, 1.54) is 5.56 Å².